The van der Waals surface area contributed by atoms with E-state index >= 15 is 0 Å². The van der Waals surface area contributed by atoms with Crippen molar-refractivity contribution in [1.82, 2.24) is 29.8 Å². The second kappa shape index (κ2) is 7.35. The molecule has 2 aliphatic rings. The first-order valence-corrected chi connectivity index (χ1v) is 8.96. The Morgan fingerprint density at radius 2 is 2.12 bits per heavy atom. The van der Waals surface area contributed by atoms with E-state index in [0.29, 0.717) is 39.3 Å². The van der Waals surface area contributed by atoms with E-state index in [0.717, 1.165) is 11.4 Å². The molecule has 1 fully saturated rings. The van der Waals surface area contributed by atoms with E-state index in [2.05, 4.69) is 10.4 Å². The number of carbonyl (C=O) groups is 3. The molecule has 0 spiro atoms. The Morgan fingerprint density at radius 1 is 1.35 bits per heavy atom. The van der Waals surface area contributed by atoms with Crippen LogP contribution in [0.25, 0.3) is 0 Å². The van der Waals surface area contributed by atoms with E-state index in [1.54, 1.807) is 28.8 Å². The SMILES string of the molecule is CCN1C[C@@H](C(=O)NCc2cc3n(n2)CCN(C(=O)N(C)C)C3)CC1=O. The molecule has 1 aromatic heterocycles. The van der Waals surface area contributed by atoms with E-state index in [9.17, 15) is 14.4 Å². The molecule has 0 bridgehead atoms. The van der Waals surface area contributed by atoms with Crippen molar-refractivity contribution in [3.05, 3.63) is 17.5 Å². The fraction of sp³-hybridized carbons (Fsp3) is 0.647. The van der Waals surface area contributed by atoms with E-state index < -0.39 is 0 Å². The number of urea groups is 1. The molecule has 4 amide bonds. The van der Waals surface area contributed by atoms with Gasteiger partial charge < -0.3 is 20.0 Å². The second-order valence-corrected chi connectivity index (χ2v) is 7.00. The number of likely N-dealkylation sites (tertiary alicyclic amines) is 1. The predicted octanol–water partition coefficient (Wildman–Crippen LogP) is -0.135. The molecule has 3 rings (SSSR count). The number of amides is 4. The van der Waals surface area contributed by atoms with Crippen LogP contribution in [0.15, 0.2) is 6.07 Å². The summed E-state index contributed by atoms with van der Waals surface area (Å²) in [6, 6.07) is 1.91. The third-order valence-corrected chi connectivity index (χ3v) is 4.91. The zero-order valence-electron chi connectivity index (χ0n) is 15.6. The zero-order chi connectivity index (χ0) is 18.8. The highest BCUT2D eigenvalue weighted by Gasteiger charge is 2.33. The molecule has 0 unspecified atom stereocenters. The van der Waals surface area contributed by atoms with E-state index in [-0.39, 0.29) is 30.2 Å². The zero-order valence-corrected chi connectivity index (χ0v) is 15.6. The van der Waals surface area contributed by atoms with Crippen LogP contribution in [-0.4, -0.2) is 76.1 Å². The van der Waals surface area contributed by atoms with Crippen LogP contribution in [0, 0.1) is 5.92 Å². The van der Waals surface area contributed by atoms with Crippen LogP contribution in [0.4, 0.5) is 4.79 Å². The van der Waals surface area contributed by atoms with Gasteiger partial charge in [0.2, 0.25) is 11.8 Å². The van der Waals surface area contributed by atoms with Crippen molar-refractivity contribution < 1.29 is 14.4 Å². The van der Waals surface area contributed by atoms with Crippen LogP contribution in [0.3, 0.4) is 0 Å². The lowest BCUT2D eigenvalue weighted by Gasteiger charge is -2.29. The molecule has 0 aromatic carbocycles. The Labute approximate surface area is 152 Å². The van der Waals surface area contributed by atoms with Gasteiger partial charge in [-0.05, 0) is 13.0 Å². The Bertz CT molecular complexity index is 713. The lowest BCUT2D eigenvalue weighted by molar-refractivity contribution is -0.128. The van der Waals surface area contributed by atoms with Gasteiger partial charge in [0.25, 0.3) is 0 Å². The van der Waals surface area contributed by atoms with Crippen molar-refractivity contribution >= 4 is 17.8 Å². The summed E-state index contributed by atoms with van der Waals surface area (Å²) in [5, 5.41) is 7.39. The maximum Gasteiger partial charge on any atom is 0.319 e. The summed E-state index contributed by atoms with van der Waals surface area (Å²) in [7, 11) is 3.48. The summed E-state index contributed by atoms with van der Waals surface area (Å²) in [5.74, 6) is -0.353. The normalized spacial score (nSPS) is 19.5. The van der Waals surface area contributed by atoms with Gasteiger partial charge >= 0.3 is 6.03 Å². The molecule has 3 heterocycles. The number of aromatic nitrogens is 2. The Kier molecular flexibility index (Phi) is 5.15. The van der Waals surface area contributed by atoms with Crippen LogP contribution in [0.1, 0.15) is 24.7 Å². The minimum Gasteiger partial charge on any atom is -0.350 e. The summed E-state index contributed by atoms with van der Waals surface area (Å²) in [6.45, 7) is 5.15. The first kappa shape index (κ1) is 18.2. The van der Waals surface area contributed by atoms with Gasteiger partial charge in [0.1, 0.15) is 0 Å². The quantitative estimate of drug-likeness (QED) is 0.807. The van der Waals surface area contributed by atoms with Gasteiger partial charge in [0.15, 0.2) is 0 Å². The average Bonchev–Trinajstić information content (AvgIpc) is 3.20. The highest BCUT2D eigenvalue weighted by molar-refractivity contribution is 5.89. The Balaban J connectivity index is 1.55. The number of nitrogens with zero attached hydrogens (tertiary/aromatic N) is 5. The van der Waals surface area contributed by atoms with Gasteiger partial charge in [0, 0.05) is 40.2 Å². The van der Waals surface area contributed by atoms with Crippen molar-refractivity contribution in [2.75, 3.05) is 33.7 Å². The topological polar surface area (TPSA) is 90.8 Å². The van der Waals surface area contributed by atoms with Crippen LogP contribution in [-0.2, 0) is 29.2 Å². The third-order valence-electron chi connectivity index (χ3n) is 4.91. The summed E-state index contributed by atoms with van der Waals surface area (Å²) >= 11 is 0. The number of hydrogen-bond donors (Lipinski definition) is 1. The van der Waals surface area contributed by atoms with Crippen LogP contribution < -0.4 is 5.32 Å². The lowest BCUT2D eigenvalue weighted by atomic mass is 10.1. The van der Waals surface area contributed by atoms with E-state index in [1.807, 2.05) is 17.7 Å². The van der Waals surface area contributed by atoms with Crippen molar-refractivity contribution in [3.8, 4) is 0 Å². The minimum absolute atomic E-state index is 0.0151. The van der Waals surface area contributed by atoms with Crippen LogP contribution in [0.2, 0.25) is 0 Å². The van der Waals surface area contributed by atoms with Gasteiger partial charge in [-0.3, -0.25) is 14.3 Å². The first-order valence-electron chi connectivity index (χ1n) is 8.96. The molecular weight excluding hydrogens is 336 g/mol. The highest BCUT2D eigenvalue weighted by Crippen LogP contribution is 2.18. The van der Waals surface area contributed by atoms with Crippen molar-refractivity contribution in [3.63, 3.8) is 0 Å². The number of rotatable bonds is 4. The molecule has 1 saturated heterocycles. The maximum absolute atomic E-state index is 12.3. The summed E-state index contributed by atoms with van der Waals surface area (Å²) < 4.78 is 1.89. The van der Waals surface area contributed by atoms with E-state index in [1.165, 1.54) is 0 Å². The molecule has 1 N–H and O–H groups in total. The number of carbonyl (C=O) groups excluding carboxylic acids is 3. The van der Waals surface area contributed by atoms with Gasteiger partial charge in [-0.25, -0.2) is 4.79 Å². The third kappa shape index (κ3) is 3.66. The second-order valence-electron chi connectivity index (χ2n) is 7.00. The number of fused-ring (bicyclic) bond motifs is 1. The molecule has 26 heavy (non-hydrogen) atoms. The molecule has 0 radical (unpaired) electrons. The van der Waals surface area contributed by atoms with Crippen molar-refractivity contribution in [2.45, 2.75) is 33.0 Å². The summed E-state index contributed by atoms with van der Waals surface area (Å²) in [4.78, 5) is 41.2. The average molecular weight is 362 g/mol. The largest absolute Gasteiger partial charge is 0.350 e. The van der Waals surface area contributed by atoms with Gasteiger partial charge in [-0.2, -0.15) is 5.10 Å². The maximum atomic E-state index is 12.3. The monoisotopic (exact) mass is 362 g/mol. The molecule has 142 valence electrons. The highest BCUT2D eigenvalue weighted by atomic mass is 16.2. The van der Waals surface area contributed by atoms with E-state index in [4.69, 9.17) is 0 Å². The van der Waals surface area contributed by atoms with Crippen LogP contribution >= 0.6 is 0 Å². The molecule has 9 nitrogen and oxygen atoms in total. The molecule has 9 heteroatoms. The fourth-order valence-electron chi connectivity index (χ4n) is 3.43. The summed E-state index contributed by atoms with van der Waals surface area (Å²) in [5.41, 5.74) is 1.73. The van der Waals surface area contributed by atoms with Crippen molar-refractivity contribution in [2.24, 2.45) is 5.92 Å². The predicted molar refractivity (Wildman–Crippen MR) is 93.9 cm³/mol. The summed E-state index contributed by atoms with van der Waals surface area (Å²) in [6.07, 6.45) is 0.279. The molecule has 1 aromatic rings. The molecular formula is C17H26N6O3. The molecule has 0 aliphatic carbocycles. The molecule has 2 aliphatic heterocycles. The lowest BCUT2D eigenvalue weighted by Crippen LogP contribution is -2.43. The molecule has 1 atom stereocenters. The minimum atomic E-state index is -0.284. The van der Waals surface area contributed by atoms with Gasteiger partial charge in [-0.1, -0.05) is 0 Å². The Hall–Kier alpha value is -2.58. The number of nitrogens with one attached hydrogen (secondary N) is 1. The molecule has 0 saturated carbocycles. The van der Waals surface area contributed by atoms with Gasteiger partial charge in [-0.15, -0.1) is 0 Å². The smallest absolute Gasteiger partial charge is 0.319 e. The fourth-order valence-corrected chi connectivity index (χ4v) is 3.43. The van der Waals surface area contributed by atoms with Gasteiger partial charge in [0.05, 0.1) is 36.9 Å². The standard InChI is InChI=1S/C17H26N6O3/c1-4-21-10-12(7-15(21)24)16(25)18-9-13-8-14-11-22(17(26)20(2)3)5-6-23(14)19-13/h8,12H,4-7,9-11H2,1-3H3,(H,18,25)/t12-/m0/s1. The Morgan fingerprint density at radius 3 is 2.77 bits per heavy atom. The van der Waals surface area contributed by atoms with Crippen LogP contribution in [0.5, 0.6) is 0 Å². The number of hydrogen-bond acceptors (Lipinski definition) is 4. The first-order chi connectivity index (χ1) is 12.4. The van der Waals surface area contributed by atoms with Crippen molar-refractivity contribution in [1.29, 1.82) is 0 Å².